The Hall–Kier alpha value is -4.19. The van der Waals surface area contributed by atoms with E-state index in [4.69, 9.17) is 0 Å². The second-order valence-electron chi connectivity index (χ2n) is 6.67. The molecule has 3 aromatic carbocycles. The molecule has 2 N–H and O–H groups in total. The summed E-state index contributed by atoms with van der Waals surface area (Å²) in [6.45, 7) is 0. The molecule has 0 saturated heterocycles. The van der Waals surface area contributed by atoms with Crippen LogP contribution in [0.25, 0.3) is 27.8 Å². The smallest absolute Gasteiger partial charge is 0.308 e. The molecule has 5 rings (SSSR count). The number of hydrogen-bond donors (Lipinski definition) is 2. The summed E-state index contributed by atoms with van der Waals surface area (Å²) >= 11 is 0. The van der Waals surface area contributed by atoms with Crippen molar-refractivity contribution in [1.29, 1.82) is 0 Å². The van der Waals surface area contributed by atoms with Gasteiger partial charge in [-0.2, -0.15) is 0 Å². The van der Waals surface area contributed by atoms with Crippen molar-refractivity contribution < 1.29 is 4.79 Å². The second kappa shape index (κ2) is 7.09. The van der Waals surface area contributed by atoms with E-state index in [1.807, 2.05) is 89.6 Å². The molecule has 6 heteroatoms. The Kier molecular flexibility index (Phi) is 4.14. The number of benzene rings is 3. The monoisotopic (exact) mass is 379 g/mol. The Bertz CT molecular complexity index is 1290. The maximum atomic E-state index is 12.3. The number of urea groups is 1. The van der Waals surface area contributed by atoms with Gasteiger partial charge in [-0.15, -0.1) is 0 Å². The van der Waals surface area contributed by atoms with Gasteiger partial charge in [-0.25, -0.2) is 14.8 Å². The zero-order valence-electron chi connectivity index (χ0n) is 15.4. The predicted octanol–water partition coefficient (Wildman–Crippen LogP) is 5.19. The first-order valence-corrected chi connectivity index (χ1v) is 9.22. The molecule has 0 aliphatic heterocycles. The van der Waals surface area contributed by atoms with Crippen LogP contribution in [0.4, 0.5) is 16.2 Å². The molecule has 0 aliphatic carbocycles. The molecule has 5 aromatic rings. The van der Waals surface area contributed by atoms with Crippen molar-refractivity contribution >= 4 is 34.0 Å². The fourth-order valence-corrected chi connectivity index (χ4v) is 3.25. The van der Waals surface area contributed by atoms with E-state index in [0.717, 1.165) is 27.7 Å². The molecule has 0 aliphatic rings. The number of carbonyl (C=O) groups is 1. The van der Waals surface area contributed by atoms with Gasteiger partial charge in [-0.3, -0.25) is 4.40 Å². The van der Waals surface area contributed by atoms with E-state index >= 15 is 0 Å². The lowest BCUT2D eigenvalue weighted by atomic mass is 10.1. The van der Waals surface area contributed by atoms with Crippen LogP contribution in [0.5, 0.6) is 0 Å². The van der Waals surface area contributed by atoms with Gasteiger partial charge in [0.2, 0.25) is 5.78 Å². The molecule has 0 saturated carbocycles. The summed E-state index contributed by atoms with van der Waals surface area (Å²) in [6, 6.07) is 23.0. The summed E-state index contributed by atoms with van der Waals surface area (Å²) in [5, 5.41) is 7.94. The number of carbonyl (C=O) groups excluding carboxylic acids is 1. The van der Waals surface area contributed by atoms with Crippen LogP contribution in [0, 0.1) is 0 Å². The van der Waals surface area contributed by atoms with Crippen molar-refractivity contribution in [2.24, 2.45) is 0 Å². The highest BCUT2D eigenvalue weighted by atomic mass is 16.2. The zero-order valence-corrected chi connectivity index (χ0v) is 15.4. The molecule has 140 valence electrons. The summed E-state index contributed by atoms with van der Waals surface area (Å²) in [5.74, 6) is 0.652. The van der Waals surface area contributed by atoms with Crippen LogP contribution >= 0.6 is 0 Å². The Morgan fingerprint density at radius 3 is 2.41 bits per heavy atom. The van der Waals surface area contributed by atoms with Crippen molar-refractivity contribution in [3.05, 3.63) is 91.4 Å². The zero-order chi connectivity index (χ0) is 19.6. The van der Waals surface area contributed by atoms with E-state index in [1.54, 1.807) is 6.20 Å². The van der Waals surface area contributed by atoms with Crippen LogP contribution < -0.4 is 10.6 Å². The van der Waals surface area contributed by atoms with E-state index in [0.29, 0.717) is 11.5 Å². The van der Waals surface area contributed by atoms with Crippen LogP contribution in [-0.2, 0) is 0 Å². The van der Waals surface area contributed by atoms with Crippen molar-refractivity contribution in [2.75, 3.05) is 10.6 Å². The van der Waals surface area contributed by atoms with Crippen LogP contribution in [0.2, 0.25) is 0 Å². The van der Waals surface area contributed by atoms with Gasteiger partial charge in [0.25, 0.3) is 0 Å². The lowest BCUT2D eigenvalue weighted by molar-refractivity contribution is 0.262. The van der Waals surface area contributed by atoms with E-state index < -0.39 is 0 Å². The molecule has 2 aromatic heterocycles. The van der Waals surface area contributed by atoms with Crippen molar-refractivity contribution in [3.63, 3.8) is 0 Å². The molecule has 6 nitrogen and oxygen atoms in total. The molecule has 2 amide bonds. The fourth-order valence-electron chi connectivity index (χ4n) is 3.25. The third kappa shape index (κ3) is 3.51. The van der Waals surface area contributed by atoms with Gasteiger partial charge in [-0.05, 0) is 41.1 Å². The highest BCUT2D eigenvalue weighted by Crippen LogP contribution is 2.22. The van der Waals surface area contributed by atoms with Crippen LogP contribution in [0.1, 0.15) is 0 Å². The number of hydrogen-bond acceptors (Lipinski definition) is 3. The maximum absolute atomic E-state index is 12.3. The van der Waals surface area contributed by atoms with Crippen molar-refractivity contribution in [3.8, 4) is 11.3 Å². The van der Waals surface area contributed by atoms with E-state index in [9.17, 15) is 4.79 Å². The Morgan fingerprint density at radius 2 is 1.59 bits per heavy atom. The van der Waals surface area contributed by atoms with Gasteiger partial charge in [0.15, 0.2) is 0 Å². The molecule has 2 heterocycles. The summed E-state index contributed by atoms with van der Waals surface area (Å²) in [7, 11) is 0. The van der Waals surface area contributed by atoms with Crippen LogP contribution in [0.15, 0.2) is 91.4 Å². The number of amides is 2. The van der Waals surface area contributed by atoms with Gasteiger partial charge >= 0.3 is 6.03 Å². The number of aromatic nitrogens is 3. The van der Waals surface area contributed by atoms with E-state index in [1.165, 1.54) is 0 Å². The van der Waals surface area contributed by atoms with Gasteiger partial charge in [0.1, 0.15) is 0 Å². The largest absolute Gasteiger partial charge is 0.323 e. The maximum Gasteiger partial charge on any atom is 0.323 e. The minimum absolute atomic E-state index is 0.287. The molecule has 0 spiro atoms. The highest BCUT2D eigenvalue weighted by Gasteiger charge is 2.07. The first kappa shape index (κ1) is 16.9. The number of nitrogens with one attached hydrogen (secondary N) is 2. The molecular formula is C23H17N5O. The molecular weight excluding hydrogens is 362 g/mol. The van der Waals surface area contributed by atoms with Crippen molar-refractivity contribution in [2.45, 2.75) is 0 Å². The summed E-state index contributed by atoms with van der Waals surface area (Å²) in [6.07, 6.45) is 5.55. The first-order chi connectivity index (χ1) is 14.2. The van der Waals surface area contributed by atoms with Gasteiger partial charge in [-0.1, -0.05) is 42.5 Å². The van der Waals surface area contributed by atoms with Crippen LogP contribution in [0.3, 0.4) is 0 Å². The Morgan fingerprint density at radius 1 is 0.828 bits per heavy atom. The van der Waals surface area contributed by atoms with Gasteiger partial charge in [0.05, 0.1) is 5.69 Å². The lowest BCUT2D eigenvalue weighted by Gasteiger charge is -2.09. The van der Waals surface area contributed by atoms with Gasteiger partial charge in [0, 0.05) is 35.5 Å². The Balaban J connectivity index is 1.29. The first-order valence-electron chi connectivity index (χ1n) is 9.22. The number of nitrogens with zero attached hydrogens (tertiary/aromatic N) is 3. The minimum Gasteiger partial charge on any atom is -0.308 e. The topological polar surface area (TPSA) is 71.3 Å². The van der Waals surface area contributed by atoms with E-state index in [-0.39, 0.29) is 6.03 Å². The number of anilines is 2. The van der Waals surface area contributed by atoms with Crippen LogP contribution in [-0.4, -0.2) is 20.4 Å². The summed E-state index contributed by atoms with van der Waals surface area (Å²) in [5.41, 5.74) is 3.23. The number of imidazole rings is 1. The molecule has 0 unspecified atom stereocenters. The molecule has 0 fully saturated rings. The van der Waals surface area contributed by atoms with Gasteiger partial charge < -0.3 is 10.6 Å². The number of rotatable bonds is 3. The summed E-state index contributed by atoms with van der Waals surface area (Å²) in [4.78, 5) is 21.1. The number of fused-ring (bicyclic) bond motifs is 2. The average Bonchev–Trinajstić information content (AvgIpc) is 3.18. The van der Waals surface area contributed by atoms with E-state index in [2.05, 4.69) is 20.6 Å². The predicted molar refractivity (Wildman–Crippen MR) is 115 cm³/mol. The third-order valence-electron chi connectivity index (χ3n) is 4.68. The van der Waals surface area contributed by atoms with Crippen molar-refractivity contribution in [1.82, 2.24) is 14.4 Å². The molecule has 0 radical (unpaired) electrons. The highest BCUT2D eigenvalue weighted by molar-refractivity contribution is 6.01. The molecule has 0 bridgehead atoms. The molecule has 0 atom stereocenters. The average molecular weight is 379 g/mol. The fraction of sp³-hybridized carbons (Fsp3) is 0. The SMILES string of the molecule is O=C(Nc1ccc(-c2cn3cccnc3n2)cc1)Nc1ccc2ccccc2c1. The Labute approximate surface area is 166 Å². The minimum atomic E-state index is -0.287. The molecule has 29 heavy (non-hydrogen) atoms. The lowest BCUT2D eigenvalue weighted by Crippen LogP contribution is -2.19. The summed E-state index contributed by atoms with van der Waals surface area (Å²) < 4.78 is 1.87. The second-order valence-corrected chi connectivity index (χ2v) is 6.67. The third-order valence-corrected chi connectivity index (χ3v) is 4.68. The standard InChI is InChI=1S/C23H17N5O/c29-23(26-20-11-6-16-4-1-2-5-18(16)14-20)25-19-9-7-17(8-10-19)21-15-28-13-3-12-24-22(28)27-21/h1-15H,(H2,25,26,29). The normalized spacial score (nSPS) is 10.9. The quantitative estimate of drug-likeness (QED) is 0.453.